The van der Waals surface area contributed by atoms with Gasteiger partial charge in [0.05, 0.1) is 7.11 Å². The number of rotatable bonds is 6. The number of hydrogen-bond acceptors (Lipinski definition) is 3. The third kappa shape index (κ3) is 4.18. The highest BCUT2D eigenvalue weighted by atomic mass is 19.1. The SMILES string of the molecule is CCCN1CCC(NCc2cc(F)ccc2OC)CC1. The van der Waals surface area contributed by atoms with Crippen molar-refractivity contribution in [1.82, 2.24) is 10.2 Å². The van der Waals surface area contributed by atoms with Gasteiger partial charge >= 0.3 is 0 Å². The largest absolute Gasteiger partial charge is 0.496 e. The predicted molar refractivity (Wildman–Crippen MR) is 79.5 cm³/mol. The van der Waals surface area contributed by atoms with Crippen LogP contribution in [0.3, 0.4) is 0 Å². The maximum Gasteiger partial charge on any atom is 0.123 e. The topological polar surface area (TPSA) is 24.5 Å². The van der Waals surface area contributed by atoms with Crippen LogP contribution >= 0.6 is 0 Å². The van der Waals surface area contributed by atoms with Crippen LogP contribution in [-0.4, -0.2) is 37.7 Å². The molecule has 4 heteroatoms. The average molecular weight is 280 g/mol. The number of likely N-dealkylation sites (tertiary alicyclic amines) is 1. The lowest BCUT2D eigenvalue weighted by molar-refractivity contribution is 0.197. The molecule has 0 radical (unpaired) electrons. The van der Waals surface area contributed by atoms with Gasteiger partial charge in [-0.05, 0) is 57.1 Å². The summed E-state index contributed by atoms with van der Waals surface area (Å²) in [6.45, 7) is 6.40. The highest BCUT2D eigenvalue weighted by molar-refractivity contribution is 5.33. The van der Waals surface area contributed by atoms with Crippen molar-refractivity contribution in [3.8, 4) is 5.75 Å². The molecular formula is C16H25FN2O. The summed E-state index contributed by atoms with van der Waals surface area (Å²) in [5.74, 6) is 0.544. The van der Waals surface area contributed by atoms with Crippen molar-refractivity contribution in [3.05, 3.63) is 29.6 Å². The fourth-order valence-electron chi connectivity index (χ4n) is 2.82. The van der Waals surface area contributed by atoms with Gasteiger partial charge in [0.15, 0.2) is 0 Å². The van der Waals surface area contributed by atoms with Gasteiger partial charge < -0.3 is 15.0 Å². The van der Waals surface area contributed by atoms with E-state index >= 15 is 0 Å². The Labute approximate surface area is 121 Å². The number of hydrogen-bond donors (Lipinski definition) is 1. The summed E-state index contributed by atoms with van der Waals surface area (Å²) < 4.78 is 18.6. The van der Waals surface area contributed by atoms with Crippen molar-refractivity contribution in [2.45, 2.75) is 38.8 Å². The van der Waals surface area contributed by atoms with E-state index < -0.39 is 0 Å². The molecule has 1 N–H and O–H groups in total. The first kappa shape index (κ1) is 15.3. The molecule has 1 aliphatic rings. The van der Waals surface area contributed by atoms with Crippen LogP contribution in [-0.2, 0) is 6.54 Å². The van der Waals surface area contributed by atoms with E-state index in [1.54, 1.807) is 19.2 Å². The van der Waals surface area contributed by atoms with Crippen LogP contribution < -0.4 is 10.1 Å². The third-order valence-electron chi connectivity index (χ3n) is 3.95. The summed E-state index contributed by atoms with van der Waals surface area (Å²) in [6, 6.07) is 5.20. The third-order valence-corrected chi connectivity index (χ3v) is 3.95. The van der Waals surface area contributed by atoms with Crippen LogP contribution in [0.5, 0.6) is 5.75 Å². The molecule has 0 unspecified atom stereocenters. The molecule has 1 saturated heterocycles. The molecule has 1 aromatic carbocycles. The van der Waals surface area contributed by atoms with Crippen molar-refractivity contribution in [1.29, 1.82) is 0 Å². The van der Waals surface area contributed by atoms with Crippen molar-refractivity contribution in [2.75, 3.05) is 26.7 Å². The molecule has 1 fully saturated rings. The first-order chi connectivity index (χ1) is 9.72. The maximum atomic E-state index is 13.3. The lowest BCUT2D eigenvalue weighted by Crippen LogP contribution is -2.42. The van der Waals surface area contributed by atoms with Crippen LogP contribution in [0.2, 0.25) is 0 Å². The highest BCUT2D eigenvalue weighted by Crippen LogP contribution is 2.20. The Kier molecular flexibility index (Phi) is 5.80. The van der Waals surface area contributed by atoms with Crippen LogP contribution in [0.1, 0.15) is 31.7 Å². The van der Waals surface area contributed by atoms with Gasteiger partial charge in [-0.25, -0.2) is 4.39 Å². The fraction of sp³-hybridized carbons (Fsp3) is 0.625. The van der Waals surface area contributed by atoms with Crippen molar-refractivity contribution in [3.63, 3.8) is 0 Å². The Balaban J connectivity index is 1.83. The summed E-state index contributed by atoms with van der Waals surface area (Å²) in [4.78, 5) is 2.51. The predicted octanol–water partition coefficient (Wildman–Crippen LogP) is 2.80. The maximum absolute atomic E-state index is 13.3. The first-order valence-corrected chi connectivity index (χ1v) is 7.51. The van der Waals surface area contributed by atoms with Crippen molar-refractivity contribution in [2.24, 2.45) is 0 Å². The summed E-state index contributed by atoms with van der Waals surface area (Å²) in [7, 11) is 1.62. The van der Waals surface area contributed by atoms with Crippen LogP contribution in [0, 0.1) is 5.82 Å². The minimum atomic E-state index is -0.208. The molecule has 20 heavy (non-hydrogen) atoms. The molecule has 0 atom stereocenters. The zero-order valence-corrected chi connectivity index (χ0v) is 12.5. The van der Waals surface area contributed by atoms with E-state index in [0.29, 0.717) is 12.6 Å². The molecule has 1 aromatic rings. The Bertz CT molecular complexity index is 417. The Morgan fingerprint density at radius 2 is 2.10 bits per heavy atom. The van der Waals surface area contributed by atoms with Gasteiger partial charge in [0.1, 0.15) is 11.6 Å². The highest BCUT2D eigenvalue weighted by Gasteiger charge is 2.18. The van der Waals surface area contributed by atoms with Crippen molar-refractivity contribution >= 4 is 0 Å². The molecule has 0 saturated carbocycles. The molecular weight excluding hydrogens is 255 g/mol. The first-order valence-electron chi connectivity index (χ1n) is 7.51. The molecule has 3 nitrogen and oxygen atoms in total. The minimum absolute atomic E-state index is 0.208. The molecule has 0 bridgehead atoms. The number of nitrogens with zero attached hydrogens (tertiary/aromatic N) is 1. The zero-order valence-electron chi connectivity index (χ0n) is 12.5. The Morgan fingerprint density at radius 1 is 1.35 bits per heavy atom. The second kappa shape index (κ2) is 7.60. The van der Waals surface area contributed by atoms with Gasteiger partial charge in [-0.15, -0.1) is 0 Å². The van der Waals surface area contributed by atoms with E-state index in [-0.39, 0.29) is 5.82 Å². The van der Waals surface area contributed by atoms with E-state index in [1.165, 1.54) is 19.0 Å². The van der Waals surface area contributed by atoms with Gasteiger partial charge in [0.2, 0.25) is 0 Å². The van der Waals surface area contributed by atoms with Gasteiger partial charge in [-0.1, -0.05) is 6.92 Å². The molecule has 0 aliphatic carbocycles. The second-order valence-electron chi connectivity index (χ2n) is 5.45. The molecule has 1 heterocycles. The average Bonchev–Trinajstić information content (AvgIpc) is 2.47. The molecule has 2 rings (SSSR count). The smallest absolute Gasteiger partial charge is 0.123 e. The molecule has 0 amide bonds. The fourth-order valence-corrected chi connectivity index (χ4v) is 2.82. The molecule has 0 spiro atoms. The lowest BCUT2D eigenvalue weighted by atomic mass is 10.0. The minimum Gasteiger partial charge on any atom is -0.496 e. The summed E-state index contributed by atoms with van der Waals surface area (Å²) in [5.41, 5.74) is 0.892. The van der Waals surface area contributed by atoms with Gasteiger partial charge in [-0.2, -0.15) is 0 Å². The van der Waals surface area contributed by atoms with Crippen LogP contribution in [0.4, 0.5) is 4.39 Å². The van der Waals surface area contributed by atoms with Crippen LogP contribution in [0.15, 0.2) is 18.2 Å². The number of ether oxygens (including phenoxy) is 1. The number of nitrogens with one attached hydrogen (secondary N) is 1. The normalized spacial score (nSPS) is 17.4. The van der Waals surface area contributed by atoms with E-state index in [1.807, 2.05) is 0 Å². The molecule has 0 aromatic heterocycles. The van der Waals surface area contributed by atoms with Gasteiger partial charge in [-0.3, -0.25) is 0 Å². The van der Waals surface area contributed by atoms with Crippen molar-refractivity contribution < 1.29 is 9.13 Å². The molecule has 112 valence electrons. The second-order valence-corrected chi connectivity index (χ2v) is 5.45. The van der Waals surface area contributed by atoms with E-state index in [4.69, 9.17) is 4.74 Å². The molecule has 1 aliphatic heterocycles. The summed E-state index contributed by atoms with van der Waals surface area (Å²) in [5, 5.41) is 3.53. The van der Waals surface area contributed by atoms with E-state index in [0.717, 1.165) is 37.2 Å². The quantitative estimate of drug-likeness (QED) is 0.867. The van der Waals surface area contributed by atoms with E-state index in [2.05, 4.69) is 17.1 Å². The Hall–Kier alpha value is -1.13. The monoisotopic (exact) mass is 280 g/mol. The summed E-state index contributed by atoms with van der Waals surface area (Å²) in [6.07, 6.45) is 3.55. The van der Waals surface area contributed by atoms with E-state index in [9.17, 15) is 4.39 Å². The number of methoxy groups -OCH3 is 1. The standard InChI is InChI=1S/C16H25FN2O/c1-3-8-19-9-6-15(7-10-19)18-12-13-11-14(17)4-5-16(13)20-2/h4-5,11,15,18H,3,6-10,12H2,1-2H3. The number of piperidine rings is 1. The number of halogens is 1. The Morgan fingerprint density at radius 3 is 2.75 bits per heavy atom. The van der Waals surface area contributed by atoms with Gasteiger partial charge in [0, 0.05) is 18.2 Å². The lowest BCUT2D eigenvalue weighted by Gasteiger charge is -2.32. The summed E-state index contributed by atoms with van der Waals surface area (Å²) >= 11 is 0. The number of benzene rings is 1. The van der Waals surface area contributed by atoms with Crippen LogP contribution in [0.25, 0.3) is 0 Å². The van der Waals surface area contributed by atoms with Gasteiger partial charge in [0.25, 0.3) is 0 Å². The zero-order chi connectivity index (χ0) is 14.4.